The number of carbonyl (C=O) groups is 1. The first kappa shape index (κ1) is 11.3. The van der Waals surface area contributed by atoms with Gasteiger partial charge in [-0.25, -0.2) is 15.6 Å². The van der Waals surface area contributed by atoms with Gasteiger partial charge in [-0.3, -0.25) is 0 Å². The van der Waals surface area contributed by atoms with Crippen LogP contribution in [0, 0.1) is 5.92 Å². The molecule has 14 heavy (non-hydrogen) atoms. The minimum atomic E-state index is -0.464. The first-order chi connectivity index (χ1) is 6.38. The predicted molar refractivity (Wildman–Crippen MR) is 54.5 cm³/mol. The van der Waals surface area contributed by atoms with Crippen molar-refractivity contribution in [2.45, 2.75) is 45.6 Å². The Kier molecular flexibility index (Phi) is 3.37. The van der Waals surface area contributed by atoms with Crippen LogP contribution in [-0.2, 0) is 4.74 Å². The van der Waals surface area contributed by atoms with E-state index in [2.05, 4.69) is 0 Å². The van der Waals surface area contributed by atoms with Crippen molar-refractivity contribution in [3.63, 3.8) is 0 Å². The molecule has 0 heterocycles. The van der Waals surface area contributed by atoms with E-state index < -0.39 is 11.7 Å². The summed E-state index contributed by atoms with van der Waals surface area (Å²) in [7, 11) is 0. The normalized spacial score (nSPS) is 16.6. The molecule has 1 saturated carbocycles. The van der Waals surface area contributed by atoms with Gasteiger partial charge < -0.3 is 4.74 Å². The van der Waals surface area contributed by atoms with Crippen LogP contribution in [0.5, 0.6) is 0 Å². The van der Waals surface area contributed by atoms with Crippen molar-refractivity contribution >= 4 is 6.09 Å². The second-order valence-corrected chi connectivity index (χ2v) is 4.91. The lowest BCUT2D eigenvalue weighted by atomic mass is 10.2. The fourth-order valence-corrected chi connectivity index (χ4v) is 1.14. The summed E-state index contributed by atoms with van der Waals surface area (Å²) in [5, 5.41) is 1.17. The van der Waals surface area contributed by atoms with Crippen molar-refractivity contribution in [1.82, 2.24) is 5.01 Å². The van der Waals surface area contributed by atoms with Gasteiger partial charge in [-0.2, -0.15) is 0 Å². The second kappa shape index (κ2) is 4.17. The fraction of sp³-hybridized carbons (Fsp3) is 0.900. The molecular formula is C10H20N2O2. The van der Waals surface area contributed by atoms with E-state index in [0.29, 0.717) is 6.54 Å². The minimum absolute atomic E-state index is 0.432. The van der Waals surface area contributed by atoms with Crippen molar-refractivity contribution in [1.29, 1.82) is 0 Å². The molecule has 0 unspecified atom stereocenters. The number of nitrogens with zero attached hydrogens (tertiary/aromatic N) is 1. The van der Waals surface area contributed by atoms with Crippen LogP contribution in [-0.4, -0.2) is 23.2 Å². The largest absolute Gasteiger partial charge is 0.443 e. The van der Waals surface area contributed by atoms with Crippen molar-refractivity contribution in [2.24, 2.45) is 11.8 Å². The van der Waals surface area contributed by atoms with Gasteiger partial charge in [0.2, 0.25) is 0 Å². The van der Waals surface area contributed by atoms with Gasteiger partial charge in [0, 0.05) is 6.54 Å². The zero-order chi connectivity index (χ0) is 10.8. The third-order valence-electron chi connectivity index (χ3n) is 2.10. The number of hydrogen-bond donors (Lipinski definition) is 1. The van der Waals surface area contributed by atoms with Crippen LogP contribution < -0.4 is 5.84 Å². The summed E-state index contributed by atoms with van der Waals surface area (Å²) in [5.41, 5.74) is -0.464. The molecule has 0 aromatic rings. The molecule has 0 aromatic heterocycles. The maximum Gasteiger partial charge on any atom is 0.424 e. The molecule has 0 aromatic carbocycles. The Morgan fingerprint density at radius 3 is 2.50 bits per heavy atom. The second-order valence-electron chi connectivity index (χ2n) is 4.91. The number of ether oxygens (including phenoxy) is 1. The Bertz CT molecular complexity index is 207. The molecule has 1 amide bonds. The summed E-state index contributed by atoms with van der Waals surface area (Å²) >= 11 is 0. The molecule has 0 bridgehead atoms. The summed E-state index contributed by atoms with van der Waals surface area (Å²) in [6.07, 6.45) is 3.12. The number of carbonyl (C=O) groups excluding carboxylic acids is 1. The van der Waals surface area contributed by atoms with Gasteiger partial charge >= 0.3 is 6.09 Å². The molecule has 0 atom stereocenters. The van der Waals surface area contributed by atoms with Crippen molar-refractivity contribution in [2.75, 3.05) is 6.54 Å². The molecule has 2 N–H and O–H groups in total. The highest BCUT2D eigenvalue weighted by Gasteiger charge is 2.24. The monoisotopic (exact) mass is 200 g/mol. The van der Waals surface area contributed by atoms with E-state index in [1.807, 2.05) is 20.8 Å². The van der Waals surface area contributed by atoms with E-state index in [1.54, 1.807) is 0 Å². The highest BCUT2D eigenvalue weighted by molar-refractivity contribution is 5.67. The first-order valence-electron chi connectivity index (χ1n) is 5.14. The lowest BCUT2D eigenvalue weighted by Gasteiger charge is -2.24. The molecular weight excluding hydrogens is 180 g/mol. The van der Waals surface area contributed by atoms with E-state index in [0.717, 1.165) is 12.3 Å². The molecule has 1 aliphatic carbocycles. The van der Waals surface area contributed by atoms with Crippen LogP contribution in [0.4, 0.5) is 4.79 Å². The Hall–Kier alpha value is -0.770. The molecule has 4 nitrogen and oxygen atoms in total. The summed E-state index contributed by atoms with van der Waals surface area (Å²) < 4.78 is 5.11. The van der Waals surface area contributed by atoms with Gasteiger partial charge in [0.15, 0.2) is 0 Å². The predicted octanol–water partition coefficient (Wildman–Crippen LogP) is 1.90. The van der Waals surface area contributed by atoms with Crippen LogP contribution in [0.2, 0.25) is 0 Å². The van der Waals surface area contributed by atoms with Crippen LogP contribution >= 0.6 is 0 Å². The number of rotatable bonds is 3. The maximum absolute atomic E-state index is 11.4. The van der Waals surface area contributed by atoms with Gasteiger partial charge in [0.05, 0.1) is 0 Å². The molecule has 4 heteroatoms. The molecule has 82 valence electrons. The van der Waals surface area contributed by atoms with E-state index in [9.17, 15) is 4.79 Å². The topological polar surface area (TPSA) is 55.6 Å². The average molecular weight is 200 g/mol. The standard InChI is InChI=1S/C10H20N2O2/c1-10(2,3)14-9(13)12(11)7-6-8-4-5-8/h8H,4-7,11H2,1-3H3. The van der Waals surface area contributed by atoms with Crippen LogP contribution in [0.25, 0.3) is 0 Å². The molecule has 0 saturated heterocycles. The van der Waals surface area contributed by atoms with Crippen LogP contribution in [0.3, 0.4) is 0 Å². The molecule has 1 rings (SSSR count). The van der Waals surface area contributed by atoms with Gasteiger partial charge in [-0.15, -0.1) is 0 Å². The Morgan fingerprint density at radius 1 is 1.50 bits per heavy atom. The SMILES string of the molecule is CC(C)(C)OC(=O)N(N)CCC1CC1. The minimum Gasteiger partial charge on any atom is -0.443 e. The van der Waals surface area contributed by atoms with Gasteiger partial charge in [0.1, 0.15) is 5.60 Å². The third-order valence-corrected chi connectivity index (χ3v) is 2.10. The molecule has 0 spiro atoms. The molecule has 0 radical (unpaired) electrons. The Morgan fingerprint density at radius 2 is 2.07 bits per heavy atom. The van der Waals surface area contributed by atoms with Crippen LogP contribution in [0.15, 0.2) is 0 Å². The number of hydrazine groups is 1. The number of nitrogens with two attached hydrogens (primary N) is 1. The van der Waals surface area contributed by atoms with Gasteiger partial charge in [-0.05, 0) is 33.1 Å². The summed E-state index contributed by atoms with van der Waals surface area (Å²) in [4.78, 5) is 11.4. The summed E-state index contributed by atoms with van der Waals surface area (Å²) in [5.74, 6) is 6.34. The maximum atomic E-state index is 11.4. The van der Waals surface area contributed by atoms with Crippen molar-refractivity contribution in [3.05, 3.63) is 0 Å². The average Bonchev–Trinajstić information content (AvgIpc) is 2.79. The fourth-order valence-electron chi connectivity index (χ4n) is 1.14. The van der Waals surface area contributed by atoms with E-state index in [-0.39, 0.29) is 0 Å². The third kappa shape index (κ3) is 4.46. The van der Waals surface area contributed by atoms with E-state index >= 15 is 0 Å². The van der Waals surface area contributed by atoms with E-state index in [1.165, 1.54) is 17.9 Å². The smallest absolute Gasteiger partial charge is 0.424 e. The van der Waals surface area contributed by atoms with E-state index in [4.69, 9.17) is 10.6 Å². The zero-order valence-electron chi connectivity index (χ0n) is 9.25. The zero-order valence-corrected chi connectivity index (χ0v) is 9.25. The molecule has 1 aliphatic rings. The van der Waals surface area contributed by atoms with Gasteiger partial charge in [0.25, 0.3) is 0 Å². The number of amides is 1. The highest BCUT2D eigenvalue weighted by atomic mass is 16.6. The lowest BCUT2D eigenvalue weighted by molar-refractivity contribution is 0.0243. The molecule has 1 fully saturated rings. The Balaban J connectivity index is 2.20. The quantitative estimate of drug-likeness (QED) is 0.430. The molecule has 0 aliphatic heterocycles. The summed E-state index contributed by atoms with van der Waals surface area (Å²) in [6, 6.07) is 0. The van der Waals surface area contributed by atoms with Crippen molar-refractivity contribution in [3.8, 4) is 0 Å². The van der Waals surface area contributed by atoms with Crippen molar-refractivity contribution < 1.29 is 9.53 Å². The highest BCUT2D eigenvalue weighted by Crippen LogP contribution is 2.32. The summed E-state index contributed by atoms with van der Waals surface area (Å²) in [6.45, 7) is 6.10. The Labute approximate surface area is 85.4 Å². The lowest BCUT2D eigenvalue weighted by Crippen LogP contribution is -2.42. The van der Waals surface area contributed by atoms with Crippen LogP contribution in [0.1, 0.15) is 40.0 Å². The number of hydrogen-bond acceptors (Lipinski definition) is 3. The van der Waals surface area contributed by atoms with Gasteiger partial charge in [-0.1, -0.05) is 12.8 Å². The first-order valence-corrected chi connectivity index (χ1v) is 5.14.